The normalized spacial score (nSPS) is 12.0. The lowest BCUT2D eigenvalue weighted by Gasteiger charge is -2.04. The molecule has 0 spiro atoms. The second kappa shape index (κ2) is 7.15. The molecule has 2 aromatic carbocycles. The van der Waals surface area contributed by atoms with E-state index in [-0.39, 0.29) is 17.3 Å². The molecule has 22 heavy (non-hydrogen) atoms. The molecule has 0 aliphatic heterocycles. The van der Waals surface area contributed by atoms with Crippen molar-refractivity contribution in [2.24, 2.45) is 5.73 Å². The van der Waals surface area contributed by atoms with E-state index < -0.39 is 10.0 Å². The smallest absolute Gasteiger partial charge is 0.302 e. The lowest BCUT2D eigenvalue weighted by atomic mass is 10.3. The Labute approximate surface area is 133 Å². The van der Waals surface area contributed by atoms with Crippen molar-refractivity contribution >= 4 is 27.5 Å². The van der Waals surface area contributed by atoms with Crippen LogP contribution in [0.4, 0.5) is 0 Å². The molecule has 0 saturated heterocycles. The fraction of sp³-hybridized carbons (Fsp3) is 0.0714. The van der Waals surface area contributed by atoms with Crippen LogP contribution >= 0.6 is 11.6 Å². The zero-order chi connectivity index (χ0) is 16.0. The van der Waals surface area contributed by atoms with E-state index in [1.807, 2.05) is 0 Å². The number of nitrogens with one attached hydrogen (secondary N) is 2. The molecule has 0 fully saturated rings. The average Bonchev–Trinajstić information content (AvgIpc) is 2.53. The Morgan fingerprint density at radius 1 is 1.14 bits per heavy atom. The SMILES string of the molecule is NC(COc1ccc(Cl)cc1)=[NH+]NS(=O)(=O)c1ccccc1. The molecular weight excluding hydrogens is 326 g/mol. The molecule has 2 rings (SSSR count). The van der Waals surface area contributed by atoms with Crippen molar-refractivity contribution < 1.29 is 18.3 Å². The van der Waals surface area contributed by atoms with E-state index in [0.717, 1.165) is 0 Å². The summed E-state index contributed by atoms with van der Waals surface area (Å²) in [7, 11) is -3.68. The van der Waals surface area contributed by atoms with Gasteiger partial charge in [-0.1, -0.05) is 29.8 Å². The quantitative estimate of drug-likeness (QED) is 0.393. The summed E-state index contributed by atoms with van der Waals surface area (Å²) in [4.78, 5) is 2.31. The minimum absolute atomic E-state index is 0.00105. The van der Waals surface area contributed by atoms with E-state index in [1.165, 1.54) is 12.1 Å². The van der Waals surface area contributed by atoms with Crippen LogP contribution in [0.2, 0.25) is 5.02 Å². The molecule has 0 radical (unpaired) electrons. The third kappa shape index (κ3) is 4.64. The number of hydrazone groups is 1. The van der Waals surface area contributed by atoms with Crippen LogP contribution in [-0.4, -0.2) is 20.9 Å². The summed E-state index contributed by atoms with van der Waals surface area (Å²) >= 11 is 5.76. The molecule has 0 bridgehead atoms. The van der Waals surface area contributed by atoms with Gasteiger partial charge in [0.1, 0.15) is 5.75 Å². The molecule has 0 atom stereocenters. The van der Waals surface area contributed by atoms with Gasteiger partial charge < -0.3 is 4.74 Å². The van der Waals surface area contributed by atoms with Crippen LogP contribution in [-0.2, 0) is 10.0 Å². The Bertz CT molecular complexity index is 747. The van der Waals surface area contributed by atoms with Crippen molar-refractivity contribution in [1.82, 2.24) is 4.83 Å². The molecule has 0 unspecified atom stereocenters. The Morgan fingerprint density at radius 2 is 1.77 bits per heavy atom. The maximum Gasteiger partial charge on any atom is 0.302 e. The van der Waals surface area contributed by atoms with E-state index in [0.29, 0.717) is 10.8 Å². The van der Waals surface area contributed by atoms with E-state index in [1.54, 1.807) is 42.5 Å². The molecule has 8 heteroatoms. The summed E-state index contributed by atoms with van der Waals surface area (Å²) in [6, 6.07) is 14.7. The molecule has 0 saturated carbocycles. The van der Waals surface area contributed by atoms with Crippen molar-refractivity contribution in [2.45, 2.75) is 4.90 Å². The fourth-order valence-corrected chi connectivity index (χ4v) is 2.54. The second-order valence-corrected chi connectivity index (χ2v) is 6.43. The molecule has 2 aromatic rings. The number of nitrogens with two attached hydrogens (primary N) is 1. The van der Waals surface area contributed by atoms with Crippen LogP contribution in [0.1, 0.15) is 0 Å². The van der Waals surface area contributed by atoms with Crippen LogP contribution in [0.25, 0.3) is 0 Å². The largest absolute Gasteiger partial charge is 0.481 e. The number of sulfonamides is 1. The number of hydrogen-bond donors (Lipinski definition) is 3. The van der Waals surface area contributed by atoms with Gasteiger partial charge in [0.2, 0.25) is 0 Å². The molecular formula is C14H15ClN3O3S+. The highest BCUT2D eigenvalue weighted by atomic mass is 35.5. The first-order chi connectivity index (χ1) is 10.5. The van der Waals surface area contributed by atoms with Crippen LogP contribution in [0.15, 0.2) is 59.5 Å². The van der Waals surface area contributed by atoms with E-state index >= 15 is 0 Å². The Balaban J connectivity index is 1.94. The van der Waals surface area contributed by atoms with Crippen molar-refractivity contribution in [1.29, 1.82) is 0 Å². The average molecular weight is 341 g/mol. The highest BCUT2D eigenvalue weighted by Crippen LogP contribution is 2.14. The molecule has 116 valence electrons. The number of ether oxygens (including phenoxy) is 1. The number of amidine groups is 1. The van der Waals surface area contributed by atoms with Gasteiger partial charge in [0.05, 0.1) is 4.90 Å². The molecule has 0 heterocycles. The fourth-order valence-electron chi connectivity index (χ4n) is 1.52. The standard InChI is InChI=1S/C14H14ClN3O3S/c15-11-6-8-12(9-7-11)21-10-14(16)17-18-22(19,20)13-4-2-1-3-5-13/h1-9,18H,10H2,(H2,16,17)/p+1. The summed E-state index contributed by atoms with van der Waals surface area (Å²) in [5, 5.41) is 3.00. The maximum atomic E-state index is 12.0. The van der Waals surface area contributed by atoms with Crippen LogP contribution in [0.5, 0.6) is 5.75 Å². The predicted molar refractivity (Wildman–Crippen MR) is 83.9 cm³/mol. The lowest BCUT2D eigenvalue weighted by molar-refractivity contribution is -0.501. The van der Waals surface area contributed by atoms with Gasteiger partial charge in [-0.05, 0) is 36.4 Å². The molecule has 0 aromatic heterocycles. The van der Waals surface area contributed by atoms with Crippen molar-refractivity contribution in [2.75, 3.05) is 6.61 Å². The Morgan fingerprint density at radius 3 is 2.41 bits per heavy atom. The van der Waals surface area contributed by atoms with Crippen LogP contribution in [0, 0.1) is 0 Å². The van der Waals surface area contributed by atoms with Gasteiger partial charge in [0, 0.05) is 5.02 Å². The summed E-state index contributed by atoms with van der Waals surface area (Å²) in [6.07, 6.45) is 0. The molecule has 0 aliphatic rings. The minimum atomic E-state index is -3.68. The summed E-state index contributed by atoms with van der Waals surface area (Å²) < 4.78 is 29.3. The zero-order valence-corrected chi connectivity index (χ0v) is 13.1. The van der Waals surface area contributed by atoms with Gasteiger partial charge in [-0.2, -0.15) is 18.4 Å². The monoisotopic (exact) mass is 340 g/mol. The molecule has 6 nitrogen and oxygen atoms in total. The first kappa shape index (κ1) is 16.1. The van der Waals surface area contributed by atoms with Gasteiger partial charge in [-0.25, -0.2) is 0 Å². The van der Waals surface area contributed by atoms with Gasteiger partial charge in [0.15, 0.2) is 6.61 Å². The highest BCUT2D eigenvalue weighted by molar-refractivity contribution is 7.89. The highest BCUT2D eigenvalue weighted by Gasteiger charge is 2.13. The molecule has 4 N–H and O–H groups in total. The Kier molecular flexibility index (Phi) is 5.24. The van der Waals surface area contributed by atoms with E-state index in [4.69, 9.17) is 22.1 Å². The van der Waals surface area contributed by atoms with Crippen LogP contribution in [0.3, 0.4) is 0 Å². The second-order valence-electron chi connectivity index (χ2n) is 4.31. The Hall–Kier alpha value is -2.25. The topological polar surface area (TPSA) is 95.4 Å². The first-order valence-corrected chi connectivity index (χ1v) is 8.16. The third-order valence-corrected chi connectivity index (χ3v) is 4.12. The van der Waals surface area contributed by atoms with Gasteiger partial charge in [0.25, 0.3) is 10.0 Å². The number of hydrogen-bond acceptors (Lipinski definition) is 3. The van der Waals surface area contributed by atoms with Gasteiger partial charge >= 0.3 is 5.84 Å². The number of halogens is 1. The van der Waals surface area contributed by atoms with E-state index in [2.05, 4.69) is 9.93 Å². The molecule has 0 aliphatic carbocycles. The van der Waals surface area contributed by atoms with Gasteiger partial charge in [-0.15, -0.1) is 0 Å². The van der Waals surface area contributed by atoms with Crippen molar-refractivity contribution in [3.63, 3.8) is 0 Å². The lowest BCUT2D eigenvalue weighted by Crippen LogP contribution is -2.86. The number of rotatable bonds is 6. The van der Waals surface area contributed by atoms with Gasteiger partial charge in [-0.3, -0.25) is 5.73 Å². The predicted octanol–water partition coefficient (Wildman–Crippen LogP) is 0.0501. The van der Waals surface area contributed by atoms with Crippen molar-refractivity contribution in [3.05, 3.63) is 59.6 Å². The summed E-state index contributed by atoms with van der Waals surface area (Å²) in [5.41, 5.74) is 5.66. The molecule has 0 amide bonds. The third-order valence-electron chi connectivity index (χ3n) is 2.61. The van der Waals surface area contributed by atoms with Crippen LogP contribution < -0.4 is 20.4 Å². The number of benzene rings is 2. The minimum Gasteiger partial charge on any atom is -0.481 e. The summed E-state index contributed by atoms with van der Waals surface area (Å²) in [5.74, 6) is 0.689. The first-order valence-electron chi connectivity index (χ1n) is 6.30. The zero-order valence-electron chi connectivity index (χ0n) is 11.5. The number of hydrazine groups is 1. The van der Waals surface area contributed by atoms with Crippen molar-refractivity contribution in [3.8, 4) is 5.75 Å². The summed E-state index contributed by atoms with van der Waals surface area (Å²) in [6.45, 7) is -0.00105. The van der Waals surface area contributed by atoms with E-state index in [9.17, 15) is 8.42 Å². The maximum absolute atomic E-state index is 12.0.